The van der Waals surface area contributed by atoms with Gasteiger partial charge >= 0.3 is 0 Å². The van der Waals surface area contributed by atoms with E-state index in [1.807, 2.05) is 0 Å². The van der Waals surface area contributed by atoms with Crippen molar-refractivity contribution in [1.82, 2.24) is 0 Å². The standard InChI is InChI=1S/C2H6Cl4OSi2/c3-1(4)8-7-9-2(5)6/h1-2H,8-9H2. The number of hydrogen-bond acceptors (Lipinski definition) is 1. The van der Waals surface area contributed by atoms with E-state index in [0.717, 1.165) is 0 Å². The van der Waals surface area contributed by atoms with Gasteiger partial charge in [0.15, 0.2) is 19.5 Å². The second-order valence-corrected chi connectivity index (χ2v) is 9.88. The third kappa shape index (κ3) is 9.55. The molecule has 9 heavy (non-hydrogen) atoms. The van der Waals surface area contributed by atoms with Gasteiger partial charge in [-0.05, 0) is 0 Å². The minimum atomic E-state index is -0.773. The minimum Gasteiger partial charge on any atom is -0.461 e. The Labute approximate surface area is 78.8 Å². The van der Waals surface area contributed by atoms with Crippen LogP contribution in [0.1, 0.15) is 0 Å². The minimum absolute atomic E-state index is 0.329. The molecule has 0 radical (unpaired) electrons. The third-order valence-corrected chi connectivity index (χ3v) is 4.39. The summed E-state index contributed by atoms with van der Waals surface area (Å²) in [6, 6.07) is 0. The van der Waals surface area contributed by atoms with E-state index in [9.17, 15) is 0 Å². The van der Waals surface area contributed by atoms with Gasteiger partial charge in [-0.15, -0.1) is 46.4 Å². The van der Waals surface area contributed by atoms with E-state index >= 15 is 0 Å². The third-order valence-electron chi connectivity index (χ3n) is 0.488. The second kappa shape index (κ2) is 6.28. The highest BCUT2D eigenvalue weighted by atomic mass is 35.5. The molecule has 0 aromatic heterocycles. The van der Waals surface area contributed by atoms with Crippen molar-refractivity contribution < 1.29 is 4.12 Å². The van der Waals surface area contributed by atoms with Crippen LogP contribution < -0.4 is 0 Å². The molecule has 0 amide bonds. The van der Waals surface area contributed by atoms with E-state index in [-0.39, 0.29) is 8.92 Å². The Morgan fingerprint density at radius 3 is 1.44 bits per heavy atom. The molecule has 0 aliphatic heterocycles. The zero-order valence-electron chi connectivity index (χ0n) is 4.49. The molecule has 56 valence electrons. The summed E-state index contributed by atoms with van der Waals surface area (Å²) in [7, 11) is -1.55. The monoisotopic (exact) mass is 242 g/mol. The van der Waals surface area contributed by atoms with Gasteiger partial charge in [0.05, 0.1) is 0 Å². The lowest BCUT2D eigenvalue weighted by molar-refractivity contribution is 0.643. The van der Waals surface area contributed by atoms with Gasteiger partial charge in [-0.3, -0.25) is 0 Å². The summed E-state index contributed by atoms with van der Waals surface area (Å²) in [4.78, 5) is 0. The van der Waals surface area contributed by atoms with Crippen molar-refractivity contribution in [1.29, 1.82) is 0 Å². The highest BCUT2D eigenvalue weighted by molar-refractivity contribution is 6.72. The summed E-state index contributed by atoms with van der Waals surface area (Å²) >= 11 is 21.6. The predicted octanol–water partition coefficient (Wildman–Crippen LogP) is 0.693. The van der Waals surface area contributed by atoms with Crippen molar-refractivity contribution in [3.05, 3.63) is 0 Å². The molecule has 1 nitrogen and oxygen atoms in total. The van der Waals surface area contributed by atoms with E-state index in [4.69, 9.17) is 50.5 Å². The largest absolute Gasteiger partial charge is 0.461 e. The van der Waals surface area contributed by atoms with E-state index in [0.29, 0.717) is 0 Å². The maximum atomic E-state index is 5.40. The molecule has 0 saturated heterocycles. The molecule has 0 unspecified atom stereocenters. The van der Waals surface area contributed by atoms with Gasteiger partial charge in [-0.25, -0.2) is 0 Å². The van der Waals surface area contributed by atoms with Crippen LogP contribution in [0.15, 0.2) is 0 Å². The molecule has 0 heterocycles. The molecule has 0 spiro atoms. The molecular formula is C2H6Cl4OSi2. The summed E-state index contributed by atoms with van der Waals surface area (Å²) in [6.45, 7) is 0. The van der Waals surface area contributed by atoms with Crippen molar-refractivity contribution in [2.75, 3.05) is 0 Å². The maximum absolute atomic E-state index is 5.40. The van der Waals surface area contributed by atoms with Crippen LogP contribution in [-0.4, -0.2) is 28.4 Å². The topological polar surface area (TPSA) is 9.23 Å². The van der Waals surface area contributed by atoms with Crippen LogP contribution in [0.25, 0.3) is 0 Å². The maximum Gasteiger partial charge on any atom is 0.181 e. The van der Waals surface area contributed by atoms with E-state index in [1.165, 1.54) is 0 Å². The van der Waals surface area contributed by atoms with E-state index in [1.54, 1.807) is 0 Å². The Morgan fingerprint density at radius 1 is 0.889 bits per heavy atom. The SMILES string of the molecule is ClC(Cl)[SiH2]O[SiH2]C(Cl)Cl. The molecule has 0 aliphatic carbocycles. The molecule has 0 atom stereocenters. The number of alkyl halides is 4. The van der Waals surface area contributed by atoms with Crippen LogP contribution in [0.5, 0.6) is 0 Å². The van der Waals surface area contributed by atoms with Crippen LogP contribution in [0, 0.1) is 0 Å². The van der Waals surface area contributed by atoms with Gasteiger partial charge in [0.1, 0.15) is 8.92 Å². The number of rotatable bonds is 4. The van der Waals surface area contributed by atoms with Gasteiger partial charge in [0.2, 0.25) is 0 Å². The lowest BCUT2D eigenvalue weighted by atomic mass is 11.9. The molecule has 0 aliphatic rings. The summed E-state index contributed by atoms with van der Waals surface area (Å²) in [5, 5.41) is 0. The lowest BCUT2D eigenvalue weighted by Gasteiger charge is -2.02. The van der Waals surface area contributed by atoms with Crippen LogP contribution in [0.4, 0.5) is 0 Å². The zero-order chi connectivity index (χ0) is 7.28. The first-order valence-electron chi connectivity index (χ1n) is 2.27. The van der Waals surface area contributed by atoms with Crippen molar-refractivity contribution in [3.63, 3.8) is 0 Å². The first-order valence-corrected chi connectivity index (χ1v) is 6.80. The molecular weight excluding hydrogens is 238 g/mol. The van der Waals surface area contributed by atoms with Crippen LogP contribution in [-0.2, 0) is 4.12 Å². The number of halogens is 4. The summed E-state index contributed by atoms with van der Waals surface area (Å²) < 4.78 is 4.45. The van der Waals surface area contributed by atoms with Gasteiger partial charge < -0.3 is 4.12 Å². The van der Waals surface area contributed by atoms with Gasteiger partial charge in [0, 0.05) is 0 Å². The molecule has 0 aromatic carbocycles. The van der Waals surface area contributed by atoms with Gasteiger partial charge in [-0.2, -0.15) is 0 Å². The van der Waals surface area contributed by atoms with Gasteiger partial charge in [0.25, 0.3) is 0 Å². The summed E-state index contributed by atoms with van der Waals surface area (Å²) in [5.74, 6) is 0. The average Bonchev–Trinajstić information content (AvgIpc) is 1.63. The van der Waals surface area contributed by atoms with Crippen LogP contribution in [0.3, 0.4) is 0 Å². The Kier molecular flexibility index (Phi) is 7.36. The molecule has 0 fully saturated rings. The number of hydrogen-bond donors (Lipinski definition) is 0. The molecule has 0 aromatic rings. The first-order chi connectivity index (χ1) is 4.13. The fourth-order valence-corrected chi connectivity index (χ4v) is 5.42. The Morgan fingerprint density at radius 2 is 1.22 bits per heavy atom. The Bertz CT molecular complexity index is 61.6. The quantitative estimate of drug-likeness (QED) is 0.522. The fraction of sp³-hybridized carbons (Fsp3) is 1.00. The average molecular weight is 244 g/mol. The molecule has 0 rings (SSSR count). The van der Waals surface area contributed by atoms with E-state index in [2.05, 4.69) is 0 Å². The molecule has 7 heteroatoms. The molecule has 0 bridgehead atoms. The van der Waals surface area contributed by atoms with Crippen molar-refractivity contribution in [3.8, 4) is 0 Å². The highest BCUT2D eigenvalue weighted by Crippen LogP contribution is 2.02. The summed E-state index contributed by atoms with van der Waals surface area (Å²) in [6.07, 6.45) is 0. The Balaban J connectivity index is 2.91. The van der Waals surface area contributed by atoms with Crippen LogP contribution >= 0.6 is 46.4 Å². The van der Waals surface area contributed by atoms with Crippen LogP contribution in [0.2, 0.25) is 0 Å². The smallest absolute Gasteiger partial charge is 0.181 e. The normalized spacial score (nSPS) is 14.0. The highest BCUT2D eigenvalue weighted by Gasteiger charge is 2.03. The molecule has 0 N–H and O–H groups in total. The van der Waals surface area contributed by atoms with Crippen molar-refractivity contribution in [2.45, 2.75) is 8.92 Å². The zero-order valence-corrected chi connectivity index (χ0v) is 10.3. The predicted molar refractivity (Wildman–Crippen MR) is 49.2 cm³/mol. The first kappa shape index (κ1) is 10.6. The van der Waals surface area contributed by atoms with E-state index < -0.39 is 19.5 Å². The molecule has 0 saturated carbocycles. The fourth-order valence-electron chi connectivity index (χ4n) is 0.246. The Hall–Kier alpha value is 1.55. The van der Waals surface area contributed by atoms with Crippen molar-refractivity contribution >= 4 is 65.9 Å². The van der Waals surface area contributed by atoms with Crippen molar-refractivity contribution in [2.24, 2.45) is 0 Å². The van der Waals surface area contributed by atoms with Gasteiger partial charge in [-0.1, -0.05) is 0 Å². The summed E-state index contributed by atoms with van der Waals surface area (Å²) in [5.41, 5.74) is 0. The second-order valence-electron chi connectivity index (χ2n) is 1.32. The lowest BCUT2D eigenvalue weighted by Crippen LogP contribution is -2.15.